The lowest BCUT2D eigenvalue weighted by atomic mass is 10.1. The average molecular weight is 1200 g/mol. The lowest BCUT2D eigenvalue weighted by molar-refractivity contribution is -0.121. The Morgan fingerprint density at radius 2 is 0.807 bits per heavy atom. The highest BCUT2D eigenvalue weighted by Gasteiger charge is 2.17. The fraction of sp³-hybridized carbons (Fsp3) is 0.281. The van der Waals surface area contributed by atoms with E-state index < -0.39 is 5.97 Å². The Morgan fingerprint density at radius 1 is 0.446 bits per heavy atom. The van der Waals surface area contributed by atoms with Gasteiger partial charge in [0.15, 0.2) is 0 Å². The van der Waals surface area contributed by atoms with E-state index >= 15 is 0 Å². The topological polar surface area (TPSA) is 238 Å². The molecule has 0 radical (unpaired) electrons. The second kappa shape index (κ2) is 39.9. The molecule has 0 fully saturated rings. The van der Waals surface area contributed by atoms with Crippen LogP contribution in [0.5, 0.6) is 5.75 Å². The van der Waals surface area contributed by atoms with Crippen LogP contribution in [0.2, 0.25) is 0 Å². The summed E-state index contributed by atoms with van der Waals surface area (Å²) in [4.78, 5) is 98.6. The summed E-state index contributed by atoms with van der Waals surface area (Å²) in [6, 6.07) is 40.0. The highest BCUT2D eigenvalue weighted by molar-refractivity contribution is 8.77. The first-order valence-electron chi connectivity index (χ1n) is 27.4. The minimum atomic E-state index is -0.967. The molecule has 2 amide bonds. The van der Waals surface area contributed by atoms with Crippen LogP contribution in [0.15, 0.2) is 190 Å². The summed E-state index contributed by atoms with van der Waals surface area (Å²) in [5.41, 5.74) is 9.66. The van der Waals surface area contributed by atoms with Crippen molar-refractivity contribution in [2.45, 2.75) is 116 Å². The summed E-state index contributed by atoms with van der Waals surface area (Å²) in [5.74, 6) is -0.105. The van der Waals surface area contributed by atoms with E-state index in [1.165, 1.54) is 43.2 Å². The molecule has 0 unspecified atom stereocenters. The smallest absolute Gasteiger partial charge is 0.336 e. The van der Waals surface area contributed by atoms with Gasteiger partial charge in [-0.1, -0.05) is 118 Å². The number of unbranched alkanes of at least 4 members (excludes halogenated alkanes) is 6. The molecule has 0 spiro atoms. The van der Waals surface area contributed by atoms with Gasteiger partial charge >= 0.3 is 5.97 Å². The van der Waals surface area contributed by atoms with Crippen LogP contribution in [0.25, 0.3) is 0 Å². The van der Waals surface area contributed by atoms with Gasteiger partial charge < -0.3 is 26.2 Å². The molecule has 7 rings (SSSR count). The van der Waals surface area contributed by atoms with E-state index in [4.69, 9.17) is 15.6 Å². The van der Waals surface area contributed by atoms with Gasteiger partial charge in [-0.25, -0.2) is 4.79 Å². The highest BCUT2D eigenvalue weighted by Crippen LogP contribution is 2.43. The Morgan fingerprint density at radius 3 is 1.19 bits per heavy atom. The van der Waals surface area contributed by atoms with Crippen LogP contribution in [0.4, 0.5) is 0 Å². The molecule has 0 aliphatic heterocycles. The monoisotopic (exact) mass is 1190 g/mol. The number of ether oxygens (including phenoxy) is 1. The van der Waals surface area contributed by atoms with Crippen molar-refractivity contribution < 1.29 is 43.4 Å². The molecule has 83 heavy (non-hydrogen) atoms. The van der Waals surface area contributed by atoms with E-state index in [-0.39, 0.29) is 28.9 Å². The Bertz CT molecular complexity index is 2990. The number of aromatic nitrogens is 3. The number of carboxylic acid groups (broad SMARTS) is 1. The molecular weight excluding hydrogens is 1130 g/mol. The van der Waals surface area contributed by atoms with Crippen molar-refractivity contribution in [2.75, 3.05) is 19.6 Å². The number of benzene rings is 4. The molecule has 4 aromatic carbocycles. The SMILES string of the molecule is NCCCCCC(=O)Cc1cccnc1.O=C(CCCCCNC(=O)c1ccccc1SSc1ccccc1C(=O)NCCCCCC(=O)Cc1cccnc1)Cc1cccnc1.O=COc1ccccc1SSc1ccccc1C(=O)O. The molecule has 7 aromatic rings. The summed E-state index contributed by atoms with van der Waals surface area (Å²) in [6.07, 6.45) is 21.2. The van der Waals surface area contributed by atoms with Gasteiger partial charge in [-0.3, -0.25) is 43.7 Å². The van der Waals surface area contributed by atoms with Gasteiger partial charge in [0.05, 0.1) is 21.6 Å². The van der Waals surface area contributed by atoms with Gasteiger partial charge in [-0.15, -0.1) is 0 Å². The van der Waals surface area contributed by atoms with Crippen molar-refractivity contribution in [2.24, 2.45) is 5.73 Å². The number of carbonyl (C=O) groups excluding carboxylic acids is 6. The van der Waals surface area contributed by atoms with Crippen LogP contribution in [0.1, 0.15) is 125 Å². The summed E-state index contributed by atoms with van der Waals surface area (Å²) in [7, 11) is 5.54. The number of nitrogens with one attached hydrogen (secondary N) is 2. The second-order valence-corrected chi connectivity index (χ2v) is 23.2. The molecule has 5 N–H and O–H groups in total. The number of aromatic carboxylic acids is 1. The van der Waals surface area contributed by atoms with Gasteiger partial charge in [-0.05, 0) is 139 Å². The molecule has 0 saturated heterocycles. The van der Waals surface area contributed by atoms with E-state index in [2.05, 4.69) is 25.6 Å². The lowest BCUT2D eigenvalue weighted by Gasteiger charge is -2.12. The molecular formula is C64H70N6O9S4. The van der Waals surface area contributed by atoms with Crippen LogP contribution in [0.3, 0.4) is 0 Å². The average Bonchev–Trinajstić information content (AvgIpc) is 3.57. The summed E-state index contributed by atoms with van der Waals surface area (Å²) in [6.45, 7) is 2.16. The molecule has 0 bridgehead atoms. The van der Waals surface area contributed by atoms with Crippen molar-refractivity contribution in [1.82, 2.24) is 25.6 Å². The van der Waals surface area contributed by atoms with Crippen molar-refractivity contribution in [3.05, 3.63) is 204 Å². The van der Waals surface area contributed by atoms with Gasteiger partial charge in [0.25, 0.3) is 18.3 Å². The number of carbonyl (C=O) groups is 7. The van der Waals surface area contributed by atoms with E-state index in [1.807, 2.05) is 78.9 Å². The minimum Gasteiger partial charge on any atom is -0.478 e. The number of hydrogen-bond donors (Lipinski definition) is 4. The maximum Gasteiger partial charge on any atom is 0.336 e. The van der Waals surface area contributed by atoms with E-state index in [0.29, 0.717) is 85.6 Å². The number of carboxylic acids is 1. The van der Waals surface area contributed by atoms with Gasteiger partial charge in [-0.2, -0.15) is 0 Å². The molecule has 0 saturated carbocycles. The Balaban J connectivity index is 0.000000292. The molecule has 3 heterocycles. The quantitative estimate of drug-likeness (QED) is 0.0167. The molecule has 0 atom stereocenters. The number of pyridine rings is 3. The molecule has 15 nitrogen and oxygen atoms in total. The molecule has 19 heteroatoms. The normalized spacial score (nSPS) is 10.5. The summed E-state index contributed by atoms with van der Waals surface area (Å²) < 4.78 is 4.87. The zero-order valence-corrected chi connectivity index (χ0v) is 49.5. The molecule has 0 aliphatic rings. The predicted molar refractivity (Wildman–Crippen MR) is 331 cm³/mol. The van der Waals surface area contributed by atoms with Crippen LogP contribution < -0.4 is 21.1 Å². The fourth-order valence-corrected chi connectivity index (χ4v) is 12.6. The van der Waals surface area contributed by atoms with Crippen LogP contribution in [-0.4, -0.2) is 81.3 Å². The van der Waals surface area contributed by atoms with E-state index in [0.717, 1.165) is 95.7 Å². The van der Waals surface area contributed by atoms with Crippen molar-refractivity contribution in [1.29, 1.82) is 0 Å². The Labute approximate surface area is 501 Å². The maximum absolute atomic E-state index is 13.0. The van der Waals surface area contributed by atoms with Crippen LogP contribution >= 0.6 is 43.2 Å². The number of rotatable bonds is 34. The largest absolute Gasteiger partial charge is 0.478 e. The number of nitrogens with zero attached hydrogens (tertiary/aromatic N) is 3. The number of para-hydroxylation sites is 1. The first-order valence-corrected chi connectivity index (χ1v) is 31.7. The predicted octanol–water partition coefficient (Wildman–Crippen LogP) is 12.9. The maximum atomic E-state index is 13.0. The molecule has 0 aliphatic carbocycles. The molecule has 434 valence electrons. The van der Waals surface area contributed by atoms with Crippen molar-refractivity contribution >= 4 is 84.8 Å². The Hall–Kier alpha value is -7.42. The van der Waals surface area contributed by atoms with E-state index in [9.17, 15) is 33.6 Å². The van der Waals surface area contributed by atoms with Gasteiger partial charge in [0.2, 0.25) is 0 Å². The minimum absolute atomic E-state index is 0.142. The van der Waals surface area contributed by atoms with Crippen molar-refractivity contribution in [3.8, 4) is 5.75 Å². The van der Waals surface area contributed by atoms with Gasteiger partial charge in [0.1, 0.15) is 23.1 Å². The first-order chi connectivity index (χ1) is 40.5. The van der Waals surface area contributed by atoms with Crippen molar-refractivity contribution in [3.63, 3.8) is 0 Å². The number of Topliss-reactive ketones (excluding diaryl/α,β-unsaturated/α-hetero) is 3. The number of nitrogens with two attached hydrogens (primary N) is 1. The lowest BCUT2D eigenvalue weighted by Crippen LogP contribution is -2.25. The fourth-order valence-electron chi connectivity index (χ4n) is 7.96. The van der Waals surface area contributed by atoms with E-state index in [1.54, 1.807) is 91.8 Å². The third kappa shape index (κ3) is 26.6. The number of ketones is 3. The Kier molecular flexibility index (Phi) is 31.9. The summed E-state index contributed by atoms with van der Waals surface area (Å²) >= 11 is 0. The number of amides is 2. The third-order valence-corrected chi connectivity index (χ3v) is 17.2. The van der Waals surface area contributed by atoms with Crippen LogP contribution in [0, 0.1) is 0 Å². The third-order valence-electron chi connectivity index (χ3n) is 12.2. The summed E-state index contributed by atoms with van der Waals surface area (Å²) in [5, 5.41) is 15.1. The highest BCUT2D eigenvalue weighted by atomic mass is 33.1. The van der Waals surface area contributed by atoms with Gasteiger partial charge in [0, 0.05) is 103 Å². The standard InChI is InChI=1S/C38H42N4O4S2.C14H10O4S2.C12H18N2O/c43-31(25-29-13-11-21-39-27-29)15-3-1-9-23-41-37(45)33-17-5-7-19-35(33)47-48-36-20-8-6-18-34(36)38(46)42-24-10-2-4-16-32(44)26-30-14-12-22-40-28-30;15-9-18-11-6-2-4-8-13(11)20-19-12-7-3-1-5-10(12)14(16)17;13-7-3-1-2-6-12(15)9-11-5-4-8-14-10-11/h5-8,11-14,17-22,27-28H,1-4,9-10,15-16,23-26H2,(H,41,45)(H,42,46);1-9H,(H,16,17);4-5,8,10H,1-3,6-7,9,13H2. The first kappa shape index (κ1) is 66.4. The zero-order valence-electron chi connectivity index (χ0n) is 46.2. The zero-order chi connectivity index (χ0) is 59.1. The molecule has 3 aromatic heterocycles. The number of hydrogen-bond acceptors (Lipinski definition) is 16. The second-order valence-electron chi connectivity index (χ2n) is 18.8. The van der Waals surface area contributed by atoms with Crippen LogP contribution in [-0.2, 0) is 38.4 Å².